The Labute approximate surface area is 86.4 Å². The highest BCUT2D eigenvalue weighted by molar-refractivity contribution is 5.72. The van der Waals surface area contributed by atoms with Gasteiger partial charge in [0.05, 0.1) is 13.0 Å². The van der Waals surface area contributed by atoms with E-state index in [2.05, 4.69) is 18.7 Å². The van der Waals surface area contributed by atoms with Crippen LogP contribution in [0.3, 0.4) is 0 Å². The average molecular weight is 199 g/mol. The number of ether oxygens (including phenoxy) is 1. The van der Waals surface area contributed by atoms with Crippen LogP contribution < -0.4 is 0 Å². The molecule has 3 nitrogen and oxygen atoms in total. The predicted octanol–water partition coefficient (Wildman–Crippen LogP) is 1.67. The molecular formula is C11H21NO2. The van der Waals surface area contributed by atoms with Gasteiger partial charge in [0.15, 0.2) is 0 Å². The summed E-state index contributed by atoms with van der Waals surface area (Å²) in [5.41, 5.74) is 0. The second-order valence-corrected chi connectivity index (χ2v) is 4.14. The molecule has 0 aromatic rings. The number of nitrogens with zero attached hydrogens (tertiary/aromatic N) is 1. The van der Waals surface area contributed by atoms with Crippen molar-refractivity contribution in [1.82, 2.24) is 4.90 Å². The summed E-state index contributed by atoms with van der Waals surface area (Å²) in [4.78, 5) is 13.7. The molecule has 0 aliphatic carbocycles. The van der Waals surface area contributed by atoms with Gasteiger partial charge in [0.1, 0.15) is 0 Å². The molecule has 0 spiro atoms. The first-order valence-corrected chi connectivity index (χ1v) is 5.51. The summed E-state index contributed by atoms with van der Waals surface area (Å²) < 4.78 is 4.76. The van der Waals surface area contributed by atoms with Crippen molar-refractivity contribution in [2.45, 2.75) is 39.2 Å². The average Bonchev–Trinajstić information content (AvgIpc) is 2.66. The standard InChI is InChI=1S/C11H21NO2/c1-4-5-9(2)12-7-6-10(8-12)11(13)14-3/h9-10H,4-8H2,1-3H3. The van der Waals surface area contributed by atoms with E-state index < -0.39 is 0 Å². The molecule has 0 aromatic heterocycles. The van der Waals surface area contributed by atoms with Gasteiger partial charge in [-0.05, 0) is 26.3 Å². The van der Waals surface area contributed by atoms with Gasteiger partial charge >= 0.3 is 5.97 Å². The third-order valence-electron chi connectivity index (χ3n) is 3.08. The van der Waals surface area contributed by atoms with Gasteiger partial charge in [0, 0.05) is 12.6 Å². The molecule has 82 valence electrons. The molecule has 2 unspecified atom stereocenters. The Morgan fingerprint density at radius 1 is 1.64 bits per heavy atom. The number of carbonyl (C=O) groups excluding carboxylic acids is 1. The molecule has 2 atom stereocenters. The van der Waals surface area contributed by atoms with Gasteiger partial charge in [-0.25, -0.2) is 0 Å². The van der Waals surface area contributed by atoms with E-state index >= 15 is 0 Å². The lowest BCUT2D eigenvalue weighted by atomic mass is 10.1. The fourth-order valence-corrected chi connectivity index (χ4v) is 2.15. The predicted molar refractivity (Wildman–Crippen MR) is 56.1 cm³/mol. The maximum atomic E-state index is 11.3. The lowest BCUT2D eigenvalue weighted by Gasteiger charge is -2.23. The fraction of sp³-hybridized carbons (Fsp3) is 0.909. The minimum Gasteiger partial charge on any atom is -0.469 e. The second kappa shape index (κ2) is 5.35. The zero-order valence-corrected chi connectivity index (χ0v) is 9.45. The largest absolute Gasteiger partial charge is 0.469 e. The number of likely N-dealkylation sites (tertiary alicyclic amines) is 1. The smallest absolute Gasteiger partial charge is 0.310 e. The van der Waals surface area contributed by atoms with Crippen molar-refractivity contribution < 1.29 is 9.53 Å². The van der Waals surface area contributed by atoms with Crippen molar-refractivity contribution in [1.29, 1.82) is 0 Å². The van der Waals surface area contributed by atoms with Gasteiger partial charge in [-0.15, -0.1) is 0 Å². The summed E-state index contributed by atoms with van der Waals surface area (Å²) in [6, 6.07) is 0.606. The minimum absolute atomic E-state index is 0.0452. The number of carbonyl (C=O) groups is 1. The maximum absolute atomic E-state index is 11.3. The van der Waals surface area contributed by atoms with Crippen LogP contribution in [0.1, 0.15) is 33.1 Å². The van der Waals surface area contributed by atoms with Gasteiger partial charge in [0.2, 0.25) is 0 Å². The summed E-state index contributed by atoms with van der Waals surface area (Å²) in [7, 11) is 1.47. The van der Waals surface area contributed by atoms with E-state index in [-0.39, 0.29) is 11.9 Å². The molecule has 1 aliphatic rings. The van der Waals surface area contributed by atoms with Crippen LogP contribution in [-0.4, -0.2) is 37.1 Å². The topological polar surface area (TPSA) is 29.5 Å². The summed E-state index contributed by atoms with van der Waals surface area (Å²) >= 11 is 0. The van der Waals surface area contributed by atoms with Gasteiger partial charge in [-0.3, -0.25) is 9.69 Å². The SMILES string of the molecule is CCCC(C)N1CCC(C(=O)OC)C1. The van der Waals surface area contributed by atoms with Crippen LogP contribution in [0.4, 0.5) is 0 Å². The molecule has 0 radical (unpaired) electrons. The molecule has 1 aliphatic heterocycles. The monoisotopic (exact) mass is 199 g/mol. The zero-order valence-electron chi connectivity index (χ0n) is 9.45. The van der Waals surface area contributed by atoms with Crippen molar-refractivity contribution in [3.05, 3.63) is 0 Å². The zero-order chi connectivity index (χ0) is 10.6. The van der Waals surface area contributed by atoms with E-state index in [1.165, 1.54) is 20.0 Å². The van der Waals surface area contributed by atoms with E-state index in [1.807, 2.05) is 0 Å². The Bertz CT molecular complexity index is 194. The molecule has 3 heteroatoms. The molecular weight excluding hydrogens is 178 g/mol. The maximum Gasteiger partial charge on any atom is 0.310 e. The number of hydrogen-bond acceptors (Lipinski definition) is 3. The molecule has 0 amide bonds. The van der Waals surface area contributed by atoms with Crippen molar-refractivity contribution >= 4 is 5.97 Å². The van der Waals surface area contributed by atoms with Crippen LogP contribution in [0.25, 0.3) is 0 Å². The number of methoxy groups -OCH3 is 1. The van der Waals surface area contributed by atoms with E-state index in [4.69, 9.17) is 4.74 Å². The van der Waals surface area contributed by atoms with Crippen LogP contribution in [0.15, 0.2) is 0 Å². The van der Waals surface area contributed by atoms with Gasteiger partial charge in [0.25, 0.3) is 0 Å². The molecule has 14 heavy (non-hydrogen) atoms. The number of esters is 1. The lowest BCUT2D eigenvalue weighted by Crippen LogP contribution is -2.32. The Balaban J connectivity index is 2.36. The van der Waals surface area contributed by atoms with Crippen LogP contribution in [0.2, 0.25) is 0 Å². The van der Waals surface area contributed by atoms with Gasteiger partial charge in [-0.2, -0.15) is 0 Å². The normalized spacial score (nSPS) is 24.9. The Morgan fingerprint density at radius 3 is 2.93 bits per heavy atom. The van der Waals surface area contributed by atoms with Crippen LogP contribution >= 0.6 is 0 Å². The molecule has 0 bridgehead atoms. The van der Waals surface area contributed by atoms with Crippen molar-refractivity contribution in [3.63, 3.8) is 0 Å². The lowest BCUT2D eigenvalue weighted by molar-refractivity contribution is -0.145. The summed E-state index contributed by atoms with van der Waals surface area (Å²) in [6.45, 7) is 6.36. The molecule has 0 aromatic carbocycles. The molecule has 0 N–H and O–H groups in total. The Morgan fingerprint density at radius 2 is 2.36 bits per heavy atom. The van der Waals surface area contributed by atoms with Crippen LogP contribution in [-0.2, 0) is 9.53 Å². The molecule has 1 heterocycles. The van der Waals surface area contributed by atoms with Crippen LogP contribution in [0.5, 0.6) is 0 Å². The van der Waals surface area contributed by atoms with E-state index in [0.29, 0.717) is 6.04 Å². The molecule has 0 saturated carbocycles. The quantitative estimate of drug-likeness (QED) is 0.645. The third kappa shape index (κ3) is 2.71. The Hall–Kier alpha value is -0.570. The second-order valence-electron chi connectivity index (χ2n) is 4.14. The van der Waals surface area contributed by atoms with E-state index in [0.717, 1.165) is 19.5 Å². The highest BCUT2D eigenvalue weighted by atomic mass is 16.5. The first kappa shape index (κ1) is 11.5. The minimum atomic E-state index is -0.0452. The van der Waals surface area contributed by atoms with Gasteiger partial charge in [-0.1, -0.05) is 13.3 Å². The molecule has 1 fully saturated rings. The first-order valence-electron chi connectivity index (χ1n) is 5.51. The van der Waals surface area contributed by atoms with Crippen molar-refractivity contribution in [2.24, 2.45) is 5.92 Å². The van der Waals surface area contributed by atoms with E-state index in [1.54, 1.807) is 0 Å². The number of rotatable bonds is 4. The first-order chi connectivity index (χ1) is 6.69. The highest BCUT2D eigenvalue weighted by Crippen LogP contribution is 2.21. The van der Waals surface area contributed by atoms with Gasteiger partial charge < -0.3 is 4.74 Å². The van der Waals surface area contributed by atoms with Crippen molar-refractivity contribution in [2.75, 3.05) is 20.2 Å². The summed E-state index contributed by atoms with van der Waals surface area (Å²) in [6.07, 6.45) is 3.38. The van der Waals surface area contributed by atoms with E-state index in [9.17, 15) is 4.79 Å². The fourth-order valence-electron chi connectivity index (χ4n) is 2.15. The molecule has 1 rings (SSSR count). The third-order valence-corrected chi connectivity index (χ3v) is 3.08. The van der Waals surface area contributed by atoms with Crippen LogP contribution in [0, 0.1) is 5.92 Å². The Kier molecular flexibility index (Phi) is 4.39. The van der Waals surface area contributed by atoms with Crippen molar-refractivity contribution in [3.8, 4) is 0 Å². The number of hydrogen-bond donors (Lipinski definition) is 0. The summed E-state index contributed by atoms with van der Waals surface area (Å²) in [5, 5.41) is 0. The highest BCUT2D eigenvalue weighted by Gasteiger charge is 2.30. The molecule has 1 saturated heterocycles. The summed E-state index contributed by atoms with van der Waals surface area (Å²) in [5.74, 6) is 0.0653.